The predicted octanol–water partition coefficient (Wildman–Crippen LogP) is 5.70. The van der Waals surface area contributed by atoms with Crippen molar-refractivity contribution in [1.82, 2.24) is 0 Å². The molecular weight excluding hydrogens is 324 g/mol. The Hall–Kier alpha value is -2.65. The van der Waals surface area contributed by atoms with E-state index in [0.29, 0.717) is 5.11 Å². The third-order valence-electron chi connectivity index (χ3n) is 4.22. The van der Waals surface area contributed by atoms with Gasteiger partial charge in [-0.1, -0.05) is 66.7 Å². The molecule has 0 radical (unpaired) electrons. The molecule has 0 aliphatic rings. The highest BCUT2D eigenvalue weighted by Gasteiger charge is 2.07. The fourth-order valence-corrected chi connectivity index (χ4v) is 3.10. The van der Waals surface area contributed by atoms with E-state index in [0.717, 1.165) is 17.8 Å². The fraction of sp³-hybridized carbons (Fsp3) is 0.136. The van der Waals surface area contributed by atoms with E-state index < -0.39 is 0 Å². The molecule has 0 aromatic heterocycles. The first kappa shape index (κ1) is 17.2. The molecule has 2 nitrogen and oxygen atoms in total. The quantitative estimate of drug-likeness (QED) is 0.592. The Morgan fingerprint density at radius 3 is 2.12 bits per heavy atom. The Kier molecular flexibility index (Phi) is 5.46. The van der Waals surface area contributed by atoms with Crippen molar-refractivity contribution in [2.75, 3.05) is 10.6 Å². The molecule has 0 aliphatic heterocycles. The van der Waals surface area contributed by atoms with Crippen LogP contribution in [0, 0.1) is 13.8 Å². The van der Waals surface area contributed by atoms with Gasteiger partial charge >= 0.3 is 0 Å². The Balaban J connectivity index is 1.76. The van der Waals surface area contributed by atoms with Crippen molar-refractivity contribution in [2.24, 2.45) is 0 Å². The molecule has 0 aliphatic carbocycles. The molecule has 3 rings (SSSR count). The second-order valence-corrected chi connectivity index (χ2v) is 6.57. The van der Waals surface area contributed by atoms with Crippen LogP contribution in [0.5, 0.6) is 0 Å². The van der Waals surface area contributed by atoms with Crippen molar-refractivity contribution in [2.45, 2.75) is 20.3 Å². The first-order valence-corrected chi connectivity index (χ1v) is 8.80. The van der Waals surface area contributed by atoms with Crippen molar-refractivity contribution < 1.29 is 0 Å². The topological polar surface area (TPSA) is 24.1 Å². The molecule has 126 valence electrons. The Labute approximate surface area is 154 Å². The zero-order valence-electron chi connectivity index (χ0n) is 14.5. The number of para-hydroxylation sites is 2. The van der Waals surface area contributed by atoms with Crippen LogP contribution in [-0.4, -0.2) is 5.11 Å². The van der Waals surface area contributed by atoms with Crippen molar-refractivity contribution >= 4 is 28.7 Å². The van der Waals surface area contributed by atoms with Crippen LogP contribution in [-0.2, 0) is 6.42 Å². The van der Waals surface area contributed by atoms with Crippen LogP contribution in [0.3, 0.4) is 0 Å². The van der Waals surface area contributed by atoms with E-state index in [9.17, 15) is 0 Å². The molecule has 0 atom stereocenters. The van der Waals surface area contributed by atoms with Gasteiger partial charge in [0, 0.05) is 11.4 Å². The van der Waals surface area contributed by atoms with Gasteiger partial charge in [0.25, 0.3) is 0 Å². The number of anilines is 2. The number of benzene rings is 3. The summed E-state index contributed by atoms with van der Waals surface area (Å²) in [5.41, 5.74) is 6.98. The van der Waals surface area contributed by atoms with Crippen LogP contribution in [0.25, 0.3) is 0 Å². The van der Waals surface area contributed by atoms with Gasteiger partial charge in [-0.3, -0.25) is 0 Å². The molecule has 3 heteroatoms. The van der Waals surface area contributed by atoms with Gasteiger partial charge in [0.2, 0.25) is 0 Å². The summed E-state index contributed by atoms with van der Waals surface area (Å²) >= 11 is 5.54. The molecule has 3 aromatic carbocycles. The molecule has 0 fully saturated rings. The van der Waals surface area contributed by atoms with Gasteiger partial charge in [-0.15, -0.1) is 0 Å². The second kappa shape index (κ2) is 7.95. The predicted molar refractivity (Wildman–Crippen MR) is 111 cm³/mol. The van der Waals surface area contributed by atoms with E-state index in [-0.39, 0.29) is 0 Å². The number of rotatable bonds is 4. The zero-order chi connectivity index (χ0) is 17.6. The lowest BCUT2D eigenvalue weighted by Gasteiger charge is -2.17. The molecule has 3 aromatic rings. The normalized spacial score (nSPS) is 10.3. The molecule has 0 unspecified atom stereocenters. The third-order valence-corrected chi connectivity index (χ3v) is 4.43. The van der Waals surface area contributed by atoms with E-state index in [1.54, 1.807) is 0 Å². The largest absolute Gasteiger partial charge is 0.332 e. The van der Waals surface area contributed by atoms with Crippen LogP contribution in [0.4, 0.5) is 11.4 Å². The molecule has 0 amide bonds. The van der Waals surface area contributed by atoms with Crippen LogP contribution >= 0.6 is 12.2 Å². The smallest absolute Gasteiger partial charge is 0.175 e. The Morgan fingerprint density at radius 2 is 1.40 bits per heavy atom. The van der Waals surface area contributed by atoms with E-state index >= 15 is 0 Å². The molecule has 0 saturated heterocycles. The van der Waals surface area contributed by atoms with Crippen LogP contribution in [0.15, 0.2) is 72.8 Å². The minimum absolute atomic E-state index is 0.609. The standard InChI is InChI=1S/C22H22N2S/c1-16-9-8-10-17(2)21(16)24-22(25)23-20-14-7-6-13-19(20)15-18-11-4-3-5-12-18/h3-14H,15H2,1-2H3,(H2,23,24,25). The molecular formula is C22H22N2S. The summed E-state index contributed by atoms with van der Waals surface area (Å²) in [6, 6.07) is 25.0. The van der Waals surface area contributed by atoms with Crippen molar-refractivity contribution in [3.05, 3.63) is 95.1 Å². The summed E-state index contributed by atoms with van der Waals surface area (Å²) in [7, 11) is 0. The summed E-state index contributed by atoms with van der Waals surface area (Å²) < 4.78 is 0. The van der Waals surface area contributed by atoms with Gasteiger partial charge < -0.3 is 10.6 Å². The lowest BCUT2D eigenvalue weighted by Crippen LogP contribution is -2.21. The number of hydrogen-bond donors (Lipinski definition) is 2. The highest BCUT2D eigenvalue weighted by Crippen LogP contribution is 2.22. The van der Waals surface area contributed by atoms with Gasteiger partial charge in [-0.25, -0.2) is 0 Å². The molecule has 0 saturated carbocycles. The van der Waals surface area contributed by atoms with E-state index in [1.807, 2.05) is 12.1 Å². The zero-order valence-corrected chi connectivity index (χ0v) is 15.4. The summed E-state index contributed by atoms with van der Waals surface area (Å²) in [5, 5.41) is 7.30. The highest BCUT2D eigenvalue weighted by molar-refractivity contribution is 7.80. The Bertz CT molecular complexity index is 852. The number of thiocarbonyl (C=S) groups is 1. The monoisotopic (exact) mass is 346 g/mol. The third kappa shape index (κ3) is 4.46. The van der Waals surface area contributed by atoms with Crippen LogP contribution in [0.2, 0.25) is 0 Å². The number of aryl methyl sites for hydroxylation is 2. The van der Waals surface area contributed by atoms with E-state index in [1.165, 1.54) is 22.3 Å². The van der Waals surface area contributed by atoms with E-state index in [2.05, 4.69) is 85.1 Å². The first-order chi connectivity index (χ1) is 12.1. The summed E-state index contributed by atoms with van der Waals surface area (Å²) in [5.74, 6) is 0. The SMILES string of the molecule is Cc1cccc(C)c1NC(=S)Nc1ccccc1Cc1ccccc1. The average molecular weight is 346 g/mol. The lowest BCUT2D eigenvalue weighted by molar-refractivity contribution is 1.19. The average Bonchev–Trinajstić information content (AvgIpc) is 2.61. The maximum atomic E-state index is 5.54. The number of nitrogens with one attached hydrogen (secondary N) is 2. The molecule has 2 N–H and O–H groups in total. The Morgan fingerprint density at radius 1 is 0.760 bits per heavy atom. The summed E-state index contributed by atoms with van der Waals surface area (Å²) in [6.45, 7) is 4.17. The van der Waals surface area contributed by atoms with Gasteiger partial charge in [0.05, 0.1) is 0 Å². The molecule has 0 heterocycles. The maximum absolute atomic E-state index is 5.54. The molecule has 0 spiro atoms. The molecule has 0 bridgehead atoms. The minimum atomic E-state index is 0.609. The van der Waals surface area contributed by atoms with E-state index in [4.69, 9.17) is 12.2 Å². The highest BCUT2D eigenvalue weighted by atomic mass is 32.1. The van der Waals surface area contributed by atoms with Gasteiger partial charge in [0.15, 0.2) is 5.11 Å². The van der Waals surface area contributed by atoms with Gasteiger partial charge in [-0.05, 0) is 60.8 Å². The van der Waals surface area contributed by atoms with Gasteiger partial charge in [0.1, 0.15) is 0 Å². The fourth-order valence-electron chi connectivity index (χ4n) is 2.89. The van der Waals surface area contributed by atoms with Gasteiger partial charge in [-0.2, -0.15) is 0 Å². The van der Waals surface area contributed by atoms with Crippen molar-refractivity contribution in [3.63, 3.8) is 0 Å². The summed E-state index contributed by atoms with van der Waals surface area (Å²) in [4.78, 5) is 0. The molecule has 25 heavy (non-hydrogen) atoms. The van der Waals surface area contributed by atoms with Crippen LogP contribution < -0.4 is 10.6 Å². The van der Waals surface area contributed by atoms with Crippen molar-refractivity contribution in [1.29, 1.82) is 0 Å². The second-order valence-electron chi connectivity index (χ2n) is 6.17. The lowest BCUT2D eigenvalue weighted by atomic mass is 10.0. The minimum Gasteiger partial charge on any atom is -0.332 e. The number of hydrogen-bond acceptors (Lipinski definition) is 1. The van der Waals surface area contributed by atoms with Crippen molar-refractivity contribution in [3.8, 4) is 0 Å². The maximum Gasteiger partial charge on any atom is 0.175 e. The summed E-state index contributed by atoms with van der Waals surface area (Å²) in [6.07, 6.45) is 0.871. The van der Waals surface area contributed by atoms with Crippen LogP contribution in [0.1, 0.15) is 22.3 Å². The first-order valence-electron chi connectivity index (χ1n) is 8.39.